The fraction of sp³-hybridized carbons (Fsp3) is 0.208. The van der Waals surface area contributed by atoms with Gasteiger partial charge < -0.3 is 14.8 Å². The number of rotatable bonds is 8. The summed E-state index contributed by atoms with van der Waals surface area (Å²) in [6.45, 7) is 3.66. The van der Waals surface area contributed by atoms with Gasteiger partial charge in [-0.05, 0) is 80.1 Å². The van der Waals surface area contributed by atoms with Crippen LogP contribution in [0.3, 0.4) is 0 Å². The van der Waals surface area contributed by atoms with Crippen LogP contribution in [0.2, 0.25) is 5.02 Å². The molecule has 0 aromatic heterocycles. The molecule has 0 saturated heterocycles. The normalized spacial score (nSPS) is 11.6. The molecule has 0 radical (unpaired) electrons. The van der Waals surface area contributed by atoms with Crippen LogP contribution in [0.4, 0.5) is 5.69 Å². The van der Waals surface area contributed by atoms with Crippen LogP contribution in [0.15, 0.2) is 77.7 Å². The molecule has 1 amide bonds. The van der Waals surface area contributed by atoms with Gasteiger partial charge in [0.2, 0.25) is 0 Å². The van der Waals surface area contributed by atoms with E-state index in [0.29, 0.717) is 22.2 Å². The van der Waals surface area contributed by atoms with Gasteiger partial charge in [0.25, 0.3) is 5.91 Å². The predicted octanol–water partition coefficient (Wildman–Crippen LogP) is 5.12. The quantitative estimate of drug-likeness (QED) is 0.491. The van der Waals surface area contributed by atoms with Crippen LogP contribution >= 0.6 is 11.6 Å². The molecule has 0 bridgehead atoms. The van der Waals surface area contributed by atoms with E-state index in [1.807, 2.05) is 0 Å². The molecule has 0 heterocycles. The number of carbonyl (C=O) groups is 1. The molecule has 0 aliphatic heterocycles. The lowest BCUT2D eigenvalue weighted by atomic mass is 10.1. The van der Waals surface area contributed by atoms with Crippen molar-refractivity contribution in [1.29, 1.82) is 0 Å². The molecule has 3 aromatic rings. The highest BCUT2D eigenvalue weighted by Crippen LogP contribution is 2.23. The maximum atomic E-state index is 12.7. The number of amides is 1. The lowest BCUT2D eigenvalue weighted by molar-refractivity contribution is -0.128. The number of carbonyl (C=O) groups excluding carboxylic acids is 1. The maximum Gasteiger partial charge on any atom is 0.267 e. The van der Waals surface area contributed by atoms with Crippen molar-refractivity contribution in [1.82, 2.24) is 0 Å². The second kappa shape index (κ2) is 9.63. The summed E-state index contributed by atoms with van der Waals surface area (Å²) in [4.78, 5) is 12.9. The van der Waals surface area contributed by atoms with E-state index in [2.05, 4.69) is 5.32 Å². The van der Waals surface area contributed by atoms with E-state index in [4.69, 9.17) is 21.1 Å². The lowest BCUT2D eigenvalue weighted by Crippen LogP contribution is -2.42. The number of benzene rings is 3. The van der Waals surface area contributed by atoms with Gasteiger partial charge >= 0.3 is 0 Å². The average Bonchev–Trinajstić information content (AvgIpc) is 2.74. The van der Waals surface area contributed by atoms with Crippen molar-refractivity contribution in [3.8, 4) is 11.5 Å². The molecular weight excluding hydrogens is 450 g/mol. The molecule has 0 aliphatic carbocycles. The van der Waals surface area contributed by atoms with Crippen molar-refractivity contribution in [3.63, 3.8) is 0 Å². The number of anilines is 1. The standard InChI is InChI=1S/C24H24ClNO5S/c1-24(2,31-21-10-6-18(25)7-11-21)23(27)26-19-8-12-20(13-9-19)30-16-17-4-14-22(15-5-17)32(3,28)29/h4-15H,16H2,1-3H3,(H,26,27). The van der Waals surface area contributed by atoms with Crippen LogP contribution < -0.4 is 14.8 Å². The number of nitrogens with one attached hydrogen (secondary N) is 1. The summed E-state index contributed by atoms with van der Waals surface area (Å²) >= 11 is 5.88. The van der Waals surface area contributed by atoms with Gasteiger partial charge in [-0.3, -0.25) is 4.79 Å². The molecule has 1 N–H and O–H groups in total. The zero-order chi connectivity index (χ0) is 23.4. The van der Waals surface area contributed by atoms with Crippen molar-refractivity contribution in [2.24, 2.45) is 0 Å². The highest BCUT2D eigenvalue weighted by molar-refractivity contribution is 7.90. The van der Waals surface area contributed by atoms with Gasteiger partial charge in [-0.25, -0.2) is 8.42 Å². The highest BCUT2D eigenvalue weighted by atomic mass is 35.5. The van der Waals surface area contributed by atoms with Crippen molar-refractivity contribution >= 4 is 33.0 Å². The molecule has 0 atom stereocenters. The van der Waals surface area contributed by atoms with Gasteiger partial charge in [0.1, 0.15) is 18.1 Å². The second-order valence-corrected chi connectivity index (χ2v) is 10.2. The molecule has 0 unspecified atom stereocenters. The third-order valence-corrected chi connectivity index (χ3v) is 5.98. The summed E-state index contributed by atoms with van der Waals surface area (Å²) in [5.41, 5.74) is 0.352. The van der Waals surface area contributed by atoms with Crippen LogP contribution in [-0.4, -0.2) is 26.2 Å². The Morgan fingerprint density at radius 1 is 0.906 bits per heavy atom. The Bertz CT molecular complexity index is 1170. The largest absolute Gasteiger partial charge is 0.489 e. The molecule has 32 heavy (non-hydrogen) atoms. The second-order valence-electron chi connectivity index (χ2n) is 7.75. The van der Waals surface area contributed by atoms with Crippen LogP contribution in [0.5, 0.6) is 11.5 Å². The van der Waals surface area contributed by atoms with Crippen molar-refractivity contribution < 1.29 is 22.7 Å². The Balaban J connectivity index is 1.55. The van der Waals surface area contributed by atoms with Gasteiger partial charge in [0.15, 0.2) is 15.4 Å². The molecule has 8 heteroatoms. The van der Waals surface area contributed by atoms with Crippen LogP contribution in [-0.2, 0) is 21.2 Å². The smallest absolute Gasteiger partial charge is 0.267 e. The Morgan fingerprint density at radius 2 is 1.47 bits per heavy atom. The van der Waals surface area contributed by atoms with Crippen molar-refractivity contribution in [2.75, 3.05) is 11.6 Å². The molecule has 0 spiro atoms. The minimum absolute atomic E-state index is 0.268. The van der Waals surface area contributed by atoms with Crippen molar-refractivity contribution in [2.45, 2.75) is 31.0 Å². The Labute approximate surface area is 193 Å². The first-order valence-corrected chi connectivity index (χ1v) is 12.1. The first kappa shape index (κ1) is 23.6. The summed E-state index contributed by atoms with van der Waals surface area (Å²) in [6, 6.07) is 20.3. The summed E-state index contributed by atoms with van der Waals surface area (Å²) in [6.07, 6.45) is 1.17. The first-order chi connectivity index (χ1) is 15.0. The molecule has 0 fully saturated rings. The van der Waals surface area contributed by atoms with E-state index < -0.39 is 15.4 Å². The highest BCUT2D eigenvalue weighted by Gasteiger charge is 2.30. The van der Waals surface area contributed by atoms with Gasteiger partial charge in [0, 0.05) is 17.0 Å². The van der Waals surface area contributed by atoms with Gasteiger partial charge in [0.05, 0.1) is 4.90 Å². The van der Waals surface area contributed by atoms with E-state index in [9.17, 15) is 13.2 Å². The summed E-state index contributed by atoms with van der Waals surface area (Å²) < 4.78 is 34.6. The Morgan fingerprint density at radius 3 is 2.03 bits per heavy atom. The third-order valence-electron chi connectivity index (χ3n) is 4.60. The van der Waals surface area contributed by atoms with Crippen LogP contribution in [0, 0.1) is 0 Å². The monoisotopic (exact) mass is 473 g/mol. The SMILES string of the molecule is CC(C)(Oc1ccc(Cl)cc1)C(=O)Nc1ccc(OCc2ccc(S(C)(=O)=O)cc2)cc1. The zero-order valence-electron chi connectivity index (χ0n) is 18.0. The molecule has 0 aliphatic rings. The third kappa shape index (κ3) is 6.48. The fourth-order valence-corrected chi connectivity index (χ4v) is 3.52. The number of ether oxygens (including phenoxy) is 2. The predicted molar refractivity (Wildman–Crippen MR) is 125 cm³/mol. The number of hydrogen-bond acceptors (Lipinski definition) is 5. The number of hydrogen-bond donors (Lipinski definition) is 1. The minimum Gasteiger partial charge on any atom is -0.489 e. The minimum atomic E-state index is -3.22. The fourth-order valence-electron chi connectivity index (χ4n) is 2.76. The van der Waals surface area contributed by atoms with Crippen molar-refractivity contribution in [3.05, 3.63) is 83.4 Å². The zero-order valence-corrected chi connectivity index (χ0v) is 19.5. The molecule has 168 valence electrons. The van der Waals surface area contributed by atoms with Crippen LogP contribution in [0.25, 0.3) is 0 Å². The average molecular weight is 474 g/mol. The summed E-state index contributed by atoms with van der Waals surface area (Å²) in [5.74, 6) is 0.863. The van der Waals surface area contributed by atoms with Gasteiger partial charge in [-0.1, -0.05) is 23.7 Å². The number of halogens is 1. The van der Waals surface area contributed by atoms with Gasteiger partial charge in [-0.2, -0.15) is 0 Å². The van der Waals surface area contributed by atoms with E-state index in [0.717, 1.165) is 5.56 Å². The Kier molecular flexibility index (Phi) is 7.11. The van der Waals surface area contributed by atoms with E-state index in [1.54, 1.807) is 86.6 Å². The maximum absolute atomic E-state index is 12.7. The topological polar surface area (TPSA) is 81.7 Å². The number of sulfone groups is 1. The lowest BCUT2D eigenvalue weighted by Gasteiger charge is -2.25. The van der Waals surface area contributed by atoms with E-state index in [1.165, 1.54) is 6.26 Å². The first-order valence-electron chi connectivity index (χ1n) is 9.81. The van der Waals surface area contributed by atoms with E-state index >= 15 is 0 Å². The summed E-state index contributed by atoms with van der Waals surface area (Å²) in [5, 5.41) is 3.42. The van der Waals surface area contributed by atoms with Gasteiger partial charge in [-0.15, -0.1) is 0 Å². The molecule has 0 saturated carbocycles. The molecule has 3 rings (SSSR count). The molecule has 3 aromatic carbocycles. The van der Waals surface area contributed by atoms with Crippen LogP contribution in [0.1, 0.15) is 19.4 Å². The molecular formula is C24H24ClNO5S. The van der Waals surface area contributed by atoms with E-state index in [-0.39, 0.29) is 17.4 Å². The summed E-state index contributed by atoms with van der Waals surface area (Å²) in [7, 11) is -3.22. The Hall–Kier alpha value is -3.03. The molecule has 6 nitrogen and oxygen atoms in total.